The van der Waals surface area contributed by atoms with Gasteiger partial charge in [0.25, 0.3) is 0 Å². The molecule has 7 nitrogen and oxygen atoms in total. The first-order valence-corrected chi connectivity index (χ1v) is 12.7. The zero-order chi connectivity index (χ0) is 24.6. The number of hydrogen-bond acceptors (Lipinski definition) is 6. The normalized spacial score (nSPS) is 12.5. The summed E-state index contributed by atoms with van der Waals surface area (Å²) < 4.78 is 3.09. The Morgan fingerprint density at radius 3 is 2.09 bits per heavy atom. The van der Waals surface area contributed by atoms with Crippen molar-refractivity contribution in [3.63, 3.8) is 0 Å². The van der Waals surface area contributed by atoms with E-state index in [0.717, 1.165) is 24.2 Å². The van der Waals surface area contributed by atoms with Crippen LogP contribution in [-0.4, -0.2) is 55.6 Å². The summed E-state index contributed by atoms with van der Waals surface area (Å²) in [5.41, 5.74) is 2.39. The topological polar surface area (TPSA) is 99.3 Å². The van der Waals surface area contributed by atoms with Crippen LogP contribution in [0.4, 0.5) is 0 Å². The third-order valence-corrected chi connectivity index (χ3v) is 6.19. The highest BCUT2D eigenvalue weighted by Gasteiger charge is 2.25. The molecule has 0 saturated heterocycles. The summed E-state index contributed by atoms with van der Waals surface area (Å²) in [4.78, 5) is 37.5. The van der Waals surface area contributed by atoms with Crippen LogP contribution in [0.2, 0.25) is 0 Å². The molecule has 0 radical (unpaired) electrons. The Labute approximate surface area is 207 Å². The van der Waals surface area contributed by atoms with Crippen molar-refractivity contribution in [3.8, 4) is 0 Å². The number of carbonyl (C=O) groups is 3. The Balaban J connectivity index is 1.68. The second-order valence-electron chi connectivity index (χ2n) is 7.97. The van der Waals surface area contributed by atoms with Gasteiger partial charge in [0.1, 0.15) is 0 Å². The predicted molar refractivity (Wildman–Crippen MR) is 138 cm³/mol. The Bertz CT molecular complexity index is 880. The lowest BCUT2D eigenvalue weighted by atomic mass is 10.1. The summed E-state index contributed by atoms with van der Waals surface area (Å²) in [6.07, 6.45) is 2.14. The van der Waals surface area contributed by atoms with Gasteiger partial charge in [-0.3, -0.25) is 19.1 Å². The zero-order valence-corrected chi connectivity index (χ0v) is 20.8. The zero-order valence-electron chi connectivity index (χ0n) is 20.0. The Morgan fingerprint density at radius 1 is 0.882 bits per heavy atom. The molecule has 0 saturated carbocycles. The van der Waals surface area contributed by atoms with Crippen LogP contribution in [0.25, 0.3) is 0 Å². The van der Waals surface area contributed by atoms with Crippen LogP contribution in [0.3, 0.4) is 0 Å². The maximum Gasteiger partial charge on any atom is 0.238 e. The van der Waals surface area contributed by atoms with E-state index in [1.165, 1.54) is 17.5 Å². The molecule has 4 N–H and O–H groups in total. The SMILES string of the molecule is CCC(NC(=O)C(CC(=O)NCCc1ccccc1)NC)C(=O)CNSCCc1ccccc1. The summed E-state index contributed by atoms with van der Waals surface area (Å²) in [6, 6.07) is 18.8. The number of benzene rings is 2. The van der Waals surface area contributed by atoms with Crippen LogP contribution < -0.4 is 20.7 Å². The second-order valence-corrected chi connectivity index (χ2v) is 8.96. The second kappa shape index (κ2) is 16.0. The highest BCUT2D eigenvalue weighted by molar-refractivity contribution is 7.97. The Hall–Kier alpha value is -2.68. The van der Waals surface area contributed by atoms with E-state index in [1.807, 2.05) is 55.5 Å². The molecule has 2 amide bonds. The molecule has 8 heteroatoms. The van der Waals surface area contributed by atoms with Gasteiger partial charge in [0.2, 0.25) is 11.8 Å². The molecule has 0 bridgehead atoms. The third kappa shape index (κ3) is 10.5. The molecule has 2 rings (SSSR count). The Morgan fingerprint density at radius 2 is 1.50 bits per heavy atom. The van der Waals surface area contributed by atoms with Gasteiger partial charge in [-0.2, -0.15) is 0 Å². The number of aryl methyl sites for hydroxylation is 1. The minimum atomic E-state index is -0.702. The molecule has 2 aromatic carbocycles. The van der Waals surface area contributed by atoms with E-state index < -0.39 is 12.1 Å². The number of rotatable bonds is 16. The van der Waals surface area contributed by atoms with Crippen molar-refractivity contribution in [2.75, 3.05) is 25.9 Å². The van der Waals surface area contributed by atoms with Gasteiger partial charge in [-0.05, 0) is 37.4 Å². The lowest BCUT2D eigenvalue weighted by Crippen LogP contribution is -2.51. The lowest BCUT2D eigenvalue weighted by molar-refractivity contribution is -0.130. The van der Waals surface area contributed by atoms with Gasteiger partial charge in [-0.1, -0.05) is 79.5 Å². The fraction of sp³-hybridized carbons (Fsp3) is 0.423. The molecule has 2 atom stereocenters. The molecule has 2 unspecified atom stereocenters. The van der Waals surface area contributed by atoms with E-state index in [0.29, 0.717) is 13.0 Å². The highest BCUT2D eigenvalue weighted by Crippen LogP contribution is 2.05. The molecule has 0 aromatic heterocycles. The van der Waals surface area contributed by atoms with Crippen LogP contribution >= 0.6 is 11.9 Å². The average Bonchev–Trinajstić information content (AvgIpc) is 2.86. The van der Waals surface area contributed by atoms with Crippen molar-refractivity contribution in [1.29, 1.82) is 0 Å². The van der Waals surface area contributed by atoms with Gasteiger partial charge < -0.3 is 16.0 Å². The molecule has 184 valence electrons. The maximum absolute atomic E-state index is 12.7. The Kier molecular flexibility index (Phi) is 13.0. The molecule has 0 aliphatic carbocycles. The quantitative estimate of drug-likeness (QED) is 0.216. The van der Waals surface area contributed by atoms with E-state index >= 15 is 0 Å². The maximum atomic E-state index is 12.7. The molecule has 0 aliphatic heterocycles. The molecule has 0 fully saturated rings. The highest BCUT2D eigenvalue weighted by atomic mass is 32.2. The van der Waals surface area contributed by atoms with Crippen LogP contribution in [0.15, 0.2) is 60.7 Å². The molecule has 0 spiro atoms. The minimum absolute atomic E-state index is 0.00926. The first-order chi connectivity index (χ1) is 16.5. The number of amides is 2. The summed E-state index contributed by atoms with van der Waals surface area (Å²) in [5.74, 6) is 0.214. The van der Waals surface area contributed by atoms with Crippen molar-refractivity contribution in [2.45, 2.75) is 44.7 Å². The van der Waals surface area contributed by atoms with Crippen molar-refractivity contribution >= 4 is 29.5 Å². The van der Waals surface area contributed by atoms with Crippen LogP contribution in [0, 0.1) is 0 Å². The fourth-order valence-electron chi connectivity index (χ4n) is 3.39. The standard InChI is InChI=1S/C26H36N4O3S/c1-3-22(24(31)19-29-34-17-15-21-12-8-5-9-13-21)30-26(33)23(27-2)18-25(32)28-16-14-20-10-6-4-7-11-20/h4-13,22-23,27,29H,3,14-19H2,1-2H3,(H,28,32)(H,30,33). The van der Waals surface area contributed by atoms with E-state index in [1.54, 1.807) is 7.05 Å². The monoisotopic (exact) mass is 484 g/mol. The number of nitrogens with one attached hydrogen (secondary N) is 4. The summed E-state index contributed by atoms with van der Waals surface area (Å²) in [6.45, 7) is 2.53. The number of Topliss-reactive ketones (excluding diaryl/α,β-unsaturated/α-hetero) is 1. The van der Waals surface area contributed by atoms with E-state index in [-0.39, 0.29) is 30.6 Å². The van der Waals surface area contributed by atoms with Crippen molar-refractivity contribution < 1.29 is 14.4 Å². The fourth-order valence-corrected chi connectivity index (χ4v) is 4.11. The van der Waals surface area contributed by atoms with Crippen molar-refractivity contribution in [3.05, 3.63) is 71.8 Å². The number of likely N-dealkylation sites (N-methyl/N-ethyl adjacent to an activating group) is 1. The molecular weight excluding hydrogens is 448 g/mol. The van der Waals surface area contributed by atoms with E-state index in [2.05, 4.69) is 32.8 Å². The average molecular weight is 485 g/mol. The van der Waals surface area contributed by atoms with Gasteiger partial charge >= 0.3 is 0 Å². The first kappa shape index (κ1) is 27.6. The molecule has 0 heterocycles. The van der Waals surface area contributed by atoms with Gasteiger partial charge in [-0.25, -0.2) is 0 Å². The van der Waals surface area contributed by atoms with Gasteiger partial charge in [0.05, 0.1) is 25.0 Å². The van der Waals surface area contributed by atoms with Gasteiger partial charge in [-0.15, -0.1) is 0 Å². The van der Waals surface area contributed by atoms with Crippen LogP contribution in [0.1, 0.15) is 30.9 Å². The number of hydrogen-bond donors (Lipinski definition) is 4. The third-order valence-electron chi connectivity index (χ3n) is 5.43. The first-order valence-electron chi connectivity index (χ1n) is 11.7. The lowest BCUT2D eigenvalue weighted by Gasteiger charge is -2.21. The summed E-state index contributed by atoms with van der Waals surface area (Å²) in [7, 11) is 1.63. The number of ketones is 1. The van der Waals surface area contributed by atoms with E-state index in [4.69, 9.17) is 0 Å². The number of carbonyl (C=O) groups excluding carboxylic acids is 3. The molecule has 34 heavy (non-hydrogen) atoms. The molecular formula is C26H36N4O3S. The van der Waals surface area contributed by atoms with Gasteiger partial charge in [0, 0.05) is 12.3 Å². The molecule has 0 aliphatic rings. The smallest absolute Gasteiger partial charge is 0.238 e. The predicted octanol–water partition coefficient (Wildman–Crippen LogP) is 2.27. The van der Waals surface area contributed by atoms with Gasteiger partial charge in [0.15, 0.2) is 5.78 Å². The minimum Gasteiger partial charge on any atom is -0.356 e. The largest absolute Gasteiger partial charge is 0.356 e. The summed E-state index contributed by atoms with van der Waals surface area (Å²) in [5, 5.41) is 8.53. The van der Waals surface area contributed by atoms with Crippen molar-refractivity contribution in [2.24, 2.45) is 0 Å². The van der Waals surface area contributed by atoms with Crippen molar-refractivity contribution in [1.82, 2.24) is 20.7 Å². The van der Waals surface area contributed by atoms with E-state index in [9.17, 15) is 14.4 Å². The van der Waals surface area contributed by atoms with Crippen LogP contribution in [-0.2, 0) is 27.2 Å². The summed E-state index contributed by atoms with van der Waals surface area (Å²) >= 11 is 1.50. The molecule has 2 aromatic rings. The van der Waals surface area contributed by atoms with Crippen LogP contribution in [0.5, 0.6) is 0 Å².